The Bertz CT molecular complexity index is 932. The summed E-state index contributed by atoms with van der Waals surface area (Å²) in [6.45, 7) is 0.977. The minimum Gasteiger partial charge on any atom is -0.477 e. The molecule has 1 aliphatic carbocycles. The largest absolute Gasteiger partial charge is 0.477 e. The summed E-state index contributed by atoms with van der Waals surface area (Å²) in [4.78, 5) is 63.5. The second kappa shape index (κ2) is 9.10. The number of thioether (sulfide) groups is 1. The van der Waals surface area contributed by atoms with Crippen molar-refractivity contribution >= 4 is 41.6 Å². The molecule has 1 fully saturated rings. The van der Waals surface area contributed by atoms with Crippen molar-refractivity contribution in [3.8, 4) is 0 Å². The minimum absolute atomic E-state index is 0.224. The molecule has 2 aliphatic heterocycles. The molecule has 3 rings (SSSR count). The van der Waals surface area contributed by atoms with E-state index in [2.05, 4.69) is 10.3 Å². The second-order valence-corrected chi connectivity index (χ2v) is 7.85. The van der Waals surface area contributed by atoms with Gasteiger partial charge >= 0.3 is 11.9 Å². The molecule has 3 atom stereocenters. The van der Waals surface area contributed by atoms with Gasteiger partial charge in [0.15, 0.2) is 6.04 Å². The molecule has 0 aromatic carbocycles. The van der Waals surface area contributed by atoms with Gasteiger partial charge in [-0.3, -0.25) is 19.3 Å². The molecule has 30 heavy (non-hydrogen) atoms. The Kier molecular flexibility index (Phi) is 6.53. The monoisotopic (exact) mass is 433 g/mol. The smallest absolute Gasteiger partial charge is 0.352 e. The van der Waals surface area contributed by atoms with Crippen molar-refractivity contribution in [2.24, 2.45) is 4.99 Å². The zero-order valence-electron chi connectivity index (χ0n) is 16.0. The molecule has 1 unspecified atom stereocenters. The van der Waals surface area contributed by atoms with E-state index in [9.17, 15) is 29.1 Å². The summed E-state index contributed by atoms with van der Waals surface area (Å²) >= 11 is 1.25. The van der Waals surface area contributed by atoms with Gasteiger partial charge in [0.2, 0.25) is 6.08 Å². The molecule has 10 nitrogen and oxygen atoms in total. The Morgan fingerprint density at radius 2 is 2.20 bits per heavy atom. The summed E-state index contributed by atoms with van der Waals surface area (Å²) in [5.41, 5.74) is 0.700. The molecule has 0 saturated carbocycles. The molecule has 11 heteroatoms. The number of carbonyl (C=O) groups is 4. The average Bonchev–Trinajstić information content (AvgIpc) is 2.73. The molecule has 0 aromatic heterocycles. The number of ether oxygens (including phenoxy) is 1. The van der Waals surface area contributed by atoms with Gasteiger partial charge in [0.05, 0.1) is 0 Å². The quantitative estimate of drug-likeness (QED) is 0.192. The number of carboxylic acids is 1. The van der Waals surface area contributed by atoms with Gasteiger partial charge in [0.25, 0.3) is 11.8 Å². The molecule has 0 radical (unpaired) electrons. The lowest BCUT2D eigenvalue weighted by molar-refractivity contribution is -0.151. The molecule has 0 bridgehead atoms. The Labute approximate surface area is 175 Å². The average molecular weight is 433 g/mol. The van der Waals surface area contributed by atoms with E-state index < -0.39 is 41.2 Å². The number of esters is 1. The topological polar surface area (TPSA) is 142 Å². The van der Waals surface area contributed by atoms with Crippen molar-refractivity contribution < 1.29 is 33.8 Å². The highest BCUT2D eigenvalue weighted by Gasteiger charge is 2.54. The van der Waals surface area contributed by atoms with Gasteiger partial charge in [-0.1, -0.05) is 18.2 Å². The highest BCUT2D eigenvalue weighted by atomic mass is 32.2. The van der Waals surface area contributed by atoms with E-state index in [0.29, 0.717) is 24.0 Å². The van der Waals surface area contributed by atoms with E-state index in [1.165, 1.54) is 24.8 Å². The van der Waals surface area contributed by atoms with Crippen LogP contribution in [0.15, 0.2) is 40.1 Å². The number of carbonyl (C=O) groups excluding carboxylic acids is 4. The summed E-state index contributed by atoms with van der Waals surface area (Å²) in [5.74, 6) is -2.87. The van der Waals surface area contributed by atoms with Gasteiger partial charge in [0.1, 0.15) is 23.7 Å². The summed E-state index contributed by atoms with van der Waals surface area (Å²) < 4.78 is 4.88. The molecule has 0 spiro atoms. The fourth-order valence-corrected chi connectivity index (χ4v) is 4.75. The third kappa shape index (κ3) is 4.22. The van der Waals surface area contributed by atoms with Crippen LogP contribution < -0.4 is 5.32 Å². The summed E-state index contributed by atoms with van der Waals surface area (Å²) in [5, 5.41) is 11.5. The number of nitrogens with zero attached hydrogens (tertiary/aromatic N) is 2. The Morgan fingerprint density at radius 3 is 2.80 bits per heavy atom. The predicted octanol–water partition coefficient (Wildman–Crippen LogP) is 0.269. The first-order chi connectivity index (χ1) is 14.3. The molecular weight excluding hydrogens is 414 g/mol. The SMILES string of the molecule is CC(=O)OCC1=C(C(=O)O)N2C(=O)[C@@H](NC(=O)C(N=C=O)C3=CCC=CC3)[C@H]2SC1. The van der Waals surface area contributed by atoms with Crippen LogP contribution in [0.4, 0.5) is 0 Å². The maximum absolute atomic E-state index is 12.7. The van der Waals surface area contributed by atoms with Crippen LogP contribution in [-0.4, -0.2) is 69.7 Å². The number of aliphatic imine (C=N–C) groups is 1. The summed E-state index contributed by atoms with van der Waals surface area (Å²) in [6, 6.07) is -2.03. The molecule has 3 aliphatic rings. The van der Waals surface area contributed by atoms with Gasteiger partial charge in [-0.25, -0.2) is 9.59 Å². The predicted molar refractivity (Wildman–Crippen MR) is 105 cm³/mol. The standard InChI is InChI=1S/C19H19N3O7S/c1-10(24)29-7-12-8-30-18-14(17(26)22(18)15(12)19(27)28)21-16(25)13(20-9-23)11-5-3-2-4-6-11/h2-3,6,13-14,18H,4-5,7-8H2,1H3,(H,21,25)(H,27,28)/t13?,14-,18-/m1/s1. The number of amides is 2. The number of β-lactam (4-membered cyclic amide) rings is 1. The second-order valence-electron chi connectivity index (χ2n) is 6.75. The van der Waals surface area contributed by atoms with Gasteiger partial charge in [-0.15, -0.1) is 11.8 Å². The lowest BCUT2D eigenvalue weighted by atomic mass is 9.97. The lowest BCUT2D eigenvalue weighted by Crippen LogP contribution is -2.71. The number of nitrogens with one attached hydrogen (secondary N) is 1. The number of isocyanates is 1. The van der Waals surface area contributed by atoms with Crippen LogP contribution >= 0.6 is 11.8 Å². The number of fused-ring (bicyclic) bond motifs is 1. The number of carboxylic acid groups (broad SMARTS) is 1. The zero-order valence-corrected chi connectivity index (χ0v) is 16.8. The highest BCUT2D eigenvalue weighted by Crippen LogP contribution is 2.40. The van der Waals surface area contributed by atoms with E-state index in [1.807, 2.05) is 12.2 Å². The number of hydrogen-bond donors (Lipinski definition) is 2. The van der Waals surface area contributed by atoms with Crippen LogP contribution in [0, 0.1) is 0 Å². The molecule has 158 valence electrons. The molecule has 2 heterocycles. The highest BCUT2D eigenvalue weighted by molar-refractivity contribution is 8.00. The summed E-state index contributed by atoms with van der Waals surface area (Å²) in [6.07, 6.45) is 8.03. The van der Waals surface area contributed by atoms with E-state index in [1.54, 1.807) is 6.08 Å². The minimum atomic E-state index is -1.32. The van der Waals surface area contributed by atoms with Gasteiger partial charge in [-0.05, 0) is 18.4 Å². The Morgan fingerprint density at radius 1 is 1.43 bits per heavy atom. The molecule has 2 amide bonds. The van der Waals surface area contributed by atoms with E-state index in [-0.39, 0.29) is 18.1 Å². The van der Waals surface area contributed by atoms with Crippen LogP contribution in [-0.2, 0) is 28.7 Å². The van der Waals surface area contributed by atoms with Gasteiger partial charge < -0.3 is 15.2 Å². The van der Waals surface area contributed by atoms with Crippen molar-refractivity contribution in [1.29, 1.82) is 0 Å². The van der Waals surface area contributed by atoms with Gasteiger partial charge in [-0.2, -0.15) is 4.99 Å². The van der Waals surface area contributed by atoms with Crippen molar-refractivity contribution in [3.05, 3.63) is 35.1 Å². The van der Waals surface area contributed by atoms with Crippen LogP contribution in [0.5, 0.6) is 0 Å². The van der Waals surface area contributed by atoms with Crippen LogP contribution in [0.25, 0.3) is 0 Å². The molecule has 1 saturated heterocycles. The van der Waals surface area contributed by atoms with Crippen molar-refractivity contribution in [3.63, 3.8) is 0 Å². The van der Waals surface area contributed by atoms with Crippen LogP contribution in [0.3, 0.4) is 0 Å². The number of allylic oxidation sites excluding steroid dienone is 3. The zero-order chi connectivity index (χ0) is 21.8. The number of hydrogen-bond acceptors (Lipinski definition) is 8. The molecular formula is C19H19N3O7S. The fraction of sp³-hybridized carbons (Fsp3) is 0.421. The third-order valence-electron chi connectivity index (χ3n) is 4.81. The lowest BCUT2D eigenvalue weighted by Gasteiger charge is -2.49. The van der Waals surface area contributed by atoms with Crippen LogP contribution in [0.2, 0.25) is 0 Å². The number of rotatable bonds is 7. The first kappa shape index (κ1) is 21.5. The maximum atomic E-state index is 12.7. The third-order valence-corrected chi connectivity index (χ3v) is 6.15. The van der Waals surface area contributed by atoms with E-state index in [0.717, 1.165) is 4.90 Å². The van der Waals surface area contributed by atoms with E-state index >= 15 is 0 Å². The normalized spacial score (nSPS) is 23.4. The van der Waals surface area contributed by atoms with Crippen molar-refractivity contribution in [2.75, 3.05) is 12.4 Å². The fourth-order valence-electron chi connectivity index (χ4n) is 3.42. The van der Waals surface area contributed by atoms with Gasteiger partial charge in [0, 0.05) is 18.2 Å². The maximum Gasteiger partial charge on any atom is 0.352 e. The Balaban J connectivity index is 1.75. The van der Waals surface area contributed by atoms with E-state index in [4.69, 9.17) is 4.74 Å². The molecule has 0 aromatic rings. The Hall–Kier alpha value is -3.17. The molecule has 2 N–H and O–H groups in total. The first-order valence-electron chi connectivity index (χ1n) is 9.09. The van der Waals surface area contributed by atoms with Crippen molar-refractivity contribution in [2.45, 2.75) is 37.2 Å². The van der Waals surface area contributed by atoms with Crippen molar-refractivity contribution in [1.82, 2.24) is 10.2 Å². The number of aliphatic carboxylic acids is 1. The first-order valence-corrected chi connectivity index (χ1v) is 10.1. The van der Waals surface area contributed by atoms with Crippen LogP contribution in [0.1, 0.15) is 19.8 Å². The summed E-state index contributed by atoms with van der Waals surface area (Å²) in [7, 11) is 0.